The number of benzene rings is 1. The SMILES string of the molecule is CN(CC(=O)NC(=O)NC(C)(C)C)CC(=O)Nc1ccc(F)cc1. The number of anilines is 1. The second kappa shape index (κ2) is 8.39. The van der Waals surface area contributed by atoms with Crippen molar-refractivity contribution in [2.75, 3.05) is 25.5 Å². The van der Waals surface area contributed by atoms with Crippen LogP contribution in [0.5, 0.6) is 0 Å². The van der Waals surface area contributed by atoms with Crippen LogP contribution in [0.3, 0.4) is 0 Å². The summed E-state index contributed by atoms with van der Waals surface area (Å²) in [6, 6.07) is 4.77. The number of rotatable bonds is 5. The third kappa shape index (κ3) is 8.23. The van der Waals surface area contributed by atoms with Gasteiger partial charge in [0.15, 0.2) is 0 Å². The molecule has 0 aliphatic rings. The number of nitrogens with one attached hydrogen (secondary N) is 3. The average Bonchev–Trinajstić information content (AvgIpc) is 2.38. The van der Waals surface area contributed by atoms with Crippen molar-refractivity contribution < 1.29 is 18.8 Å². The lowest BCUT2D eigenvalue weighted by Gasteiger charge is -2.21. The largest absolute Gasteiger partial charge is 0.333 e. The summed E-state index contributed by atoms with van der Waals surface area (Å²) in [4.78, 5) is 36.6. The maximum atomic E-state index is 12.8. The Bertz CT molecular complexity index is 596. The van der Waals surface area contributed by atoms with Crippen LogP contribution in [0.1, 0.15) is 20.8 Å². The van der Waals surface area contributed by atoms with E-state index < -0.39 is 23.3 Å². The molecule has 24 heavy (non-hydrogen) atoms. The first kappa shape index (κ1) is 19.6. The summed E-state index contributed by atoms with van der Waals surface area (Å²) in [5.41, 5.74) is 0.00879. The second-order valence-corrected chi connectivity index (χ2v) is 6.48. The predicted molar refractivity (Wildman–Crippen MR) is 89.0 cm³/mol. The maximum Gasteiger partial charge on any atom is 0.321 e. The Morgan fingerprint density at radius 2 is 1.58 bits per heavy atom. The average molecular weight is 338 g/mol. The van der Waals surface area contributed by atoms with Crippen molar-refractivity contribution in [3.63, 3.8) is 0 Å². The number of carbonyl (C=O) groups is 3. The van der Waals surface area contributed by atoms with E-state index in [4.69, 9.17) is 0 Å². The highest BCUT2D eigenvalue weighted by atomic mass is 19.1. The first-order valence-electron chi connectivity index (χ1n) is 7.41. The molecule has 0 heterocycles. The monoisotopic (exact) mass is 338 g/mol. The Balaban J connectivity index is 2.37. The Morgan fingerprint density at radius 1 is 1.04 bits per heavy atom. The zero-order valence-electron chi connectivity index (χ0n) is 14.3. The molecule has 0 aliphatic carbocycles. The van der Waals surface area contributed by atoms with E-state index in [9.17, 15) is 18.8 Å². The number of hydrogen-bond acceptors (Lipinski definition) is 4. The number of halogens is 1. The van der Waals surface area contributed by atoms with E-state index in [-0.39, 0.29) is 19.0 Å². The lowest BCUT2D eigenvalue weighted by Crippen LogP contribution is -2.50. The minimum Gasteiger partial charge on any atom is -0.333 e. The third-order valence-electron chi connectivity index (χ3n) is 2.70. The van der Waals surface area contributed by atoms with Gasteiger partial charge >= 0.3 is 6.03 Å². The fraction of sp³-hybridized carbons (Fsp3) is 0.438. The minimum atomic E-state index is -0.586. The molecule has 0 unspecified atom stereocenters. The molecule has 0 spiro atoms. The summed E-state index contributed by atoms with van der Waals surface area (Å²) < 4.78 is 12.8. The third-order valence-corrected chi connectivity index (χ3v) is 2.70. The van der Waals surface area contributed by atoms with Crippen LogP contribution in [0.25, 0.3) is 0 Å². The van der Waals surface area contributed by atoms with Crippen LogP contribution in [-0.2, 0) is 9.59 Å². The molecule has 0 radical (unpaired) electrons. The van der Waals surface area contributed by atoms with E-state index in [2.05, 4.69) is 16.0 Å². The van der Waals surface area contributed by atoms with Crippen molar-refractivity contribution in [1.29, 1.82) is 0 Å². The van der Waals surface area contributed by atoms with Crippen LogP contribution >= 0.6 is 0 Å². The fourth-order valence-corrected chi connectivity index (χ4v) is 1.82. The van der Waals surface area contributed by atoms with Crippen molar-refractivity contribution in [3.8, 4) is 0 Å². The van der Waals surface area contributed by atoms with Gasteiger partial charge in [0.25, 0.3) is 0 Å². The topological polar surface area (TPSA) is 90.5 Å². The van der Waals surface area contributed by atoms with E-state index in [1.54, 1.807) is 27.8 Å². The summed E-state index contributed by atoms with van der Waals surface area (Å²) in [7, 11) is 1.57. The van der Waals surface area contributed by atoms with E-state index in [1.807, 2.05) is 0 Å². The molecule has 0 aromatic heterocycles. The summed E-state index contributed by atoms with van der Waals surface area (Å²) in [5, 5.41) is 7.38. The van der Waals surface area contributed by atoms with Gasteiger partial charge in [0.1, 0.15) is 5.82 Å². The van der Waals surface area contributed by atoms with Crippen molar-refractivity contribution in [1.82, 2.24) is 15.5 Å². The van der Waals surface area contributed by atoms with Gasteiger partial charge in [-0.3, -0.25) is 19.8 Å². The van der Waals surface area contributed by atoms with Crippen LogP contribution in [0.4, 0.5) is 14.9 Å². The molecule has 132 valence electrons. The summed E-state index contributed by atoms with van der Waals surface area (Å²) >= 11 is 0. The van der Waals surface area contributed by atoms with Crippen molar-refractivity contribution in [2.24, 2.45) is 0 Å². The number of hydrogen-bond donors (Lipinski definition) is 3. The quantitative estimate of drug-likeness (QED) is 0.755. The van der Waals surface area contributed by atoms with Gasteiger partial charge in [-0.1, -0.05) is 0 Å². The number of urea groups is 1. The van der Waals surface area contributed by atoms with Gasteiger partial charge in [0, 0.05) is 11.2 Å². The van der Waals surface area contributed by atoms with E-state index in [1.165, 1.54) is 29.2 Å². The molecule has 0 bridgehead atoms. The number of amides is 4. The summed E-state index contributed by atoms with van der Waals surface area (Å²) in [6.07, 6.45) is 0. The van der Waals surface area contributed by atoms with Gasteiger partial charge in [-0.05, 0) is 52.1 Å². The second-order valence-electron chi connectivity index (χ2n) is 6.48. The lowest BCUT2D eigenvalue weighted by molar-refractivity contribution is -0.122. The van der Waals surface area contributed by atoms with Gasteiger partial charge < -0.3 is 10.6 Å². The molecule has 0 saturated carbocycles. The Kier molecular flexibility index (Phi) is 6.84. The molecule has 0 atom stereocenters. The molecule has 3 N–H and O–H groups in total. The zero-order chi connectivity index (χ0) is 18.3. The molecule has 1 aromatic carbocycles. The van der Waals surface area contributed by atoms with Crippen LogP contribution < -0.4 is 16.0 Å². The number of nitrogens with zero attached hydrogens (tertiary/aromatic N) is 1. The molecule has 4 amide bonds. The highest BCUT2D eigenvalue weighted by Gasteiger charge is 2.17. The van der Waals surface area contributed by atoms with Crippen molar-refractivity contribution in [2.45, 2.75) is 26.3 Å². The molecular formula is C16H23FN4O3. The highest BCUT2D eigenvalue weighted by Crippen LogP contribution is 2.07. The molecular weight excluding hydrogens is 315 g/mol. The Labute approximate surface area is 140 Å². The standard InChI is InChI=1S/C16H23FN4O3/c1-16(2,3)20-15(24)19-14(23)10-21(4)9-13(22)18-12-7-5-11(17)6-8-12/h5-8H,9-10H2,1-4H3,(H,18,22)(H2,19,20,23,24). The molecule has 8 heteroatoms. The van der Waals surface area contributed by atoms with Gasteiger partial charge in [-0.2, -0.15) is 0 Å². The molecule has 0 fully saturated rings. The number of carbonyl (C=O) groups excluding carboxylic acids is 3. The Hall–Kier alpha value is -2.48. The summed E-state index contributed by atoms with van der Waals surface area (Å²) in [6.45, 7) is 5.22. The van der Waals surface area contributed by atoms with Crippen LogP contribution in [-0.4, -0.2) is 48.4 Å². The van der Waals surface area contributed by atoms with Crippen molar-refractivity contribution in [3.05, 3.63) is 30.1 Å². The minimum absolute atomic E-state index is 0.0499. The van der Waals surface area contributed by atoms with E-state index in [0.29, 0.717) is 5.69 Å². The molecule has 1 rings (SSSR count). The lowest BCUT2D eigenvalue weighted by atomic mass is 10.1. The van der Waals surface area contributed by atoms with Gasteiger partial charge in [-0.15, -0.1) is 0 Å². The maximum absolute atomic E-state index is 12.8. The van der Waals surface area contributed by atoms with E-state index >= 15 is 0 Å². The van der Waals surface area contributed by atoms with E-state index in [0.717, 1.165) is 0 Å². The highest BCUT2D eigenvalue weighted by molar-refractivity contribution is 5.96. The number of likely N-dealkylation sites (N-methyl/N-ethyl adjacent to an activating group) is 1. The van der Waals surface area contributed by atoms with Crippen LogP contribution in [0, 0.1) is 5.82 Å². The fourth-order valence-electron chi connectivity index (χ4n) is 1.82. The molecule has 1 aromatic rings. The van der Waals surface area contributed by atoms with Crippen molar-refractivity contribution >= 4 is 23.5 Å². The zero-order valence-corrected chi connectivity index (χ0v) is 14.3. The van der Waals surface area contributed by atoms with Gasteiger partial charge in [-0.25, -0.2) is 9.18 Å². The summed E-state index contributed by atoms with van der Waals surface area (Å²) in [5.74, 6) is -1.26. The van der Waals surface area contributed by atoms with Gasteiger partial charge in [0.2, 0.25) is 11.8 Å². The first-order chi connectivity index (χ1) is 11.0. The Morgan fingerprint density at radius 3 is 2.12 bits per heavy atom. The molecule has 7 nitrogen and oxygen atoms in total. The predicted octanol–water partition coefficient (Wildman–Crippen LogP) is 1.32. The van der Waals surface area contributed by atoms with Crippen LogP contribution in [0.15, 0.2) is 24.3 Å². The van der Waals surface area contributed by atoms with Gasteiger partial charge in [0.05, 0.1) is 13.1 Å². The molecule has 0 saturated heterocycles. The van der Waals surface area contributed by atoms with Crippen LogP contribution in [0.2, 0.25) is 0 Å². The normalized spacial score (nSPS) is 11.1. The number of imide groups is 1. The first-order valence-corrected chi connectivity index (χ1v) is 7.41. The smallest absolute Gasteiger partial charge is 0.321 e. The molecule has 0 aliphatic heterocycles.